The first-order valence-corrected chi connectivity index (χ1v) is 8.93. The van der Waals surface area contributed by atoms with Crippen molar-refractivity contribution >= 4 is 34.3 Å². The predicted octanol–water partition coefficient (Wildman–Crippen LogP) is 3.16. The minimum Gasteiger partial charge on any atom is -0.378 e. The van der Waals surface area contributed by atoms with Gasteiger partial charge in [-0.3, -0.25) is 10.1 Å². The molecule has 7 heteroatoms. The zero-order valence-electron chi connectivity index (χ0n) is 15.0. The predicted molar refractivity (Wildman–Crippen MR) is 109 cm³/mol. The molecule has 1 heterocycles. The van der Waals surface area contributed by atoms with Gasteiger partial charge in [-0.05, 0) is 30.3 Å². The number of nitro benzene ring substituents is 1. The van der Waals surface area contributed by atoms with Gasteiger partial charge in [0.2, 0.25) is 0 Å². The summed E-state index contributed by atoms with van der Waals surface area (Å²) in [6.07, 6.45) is 0. The van der Waals surface area contributed by atoms with Gasteiger partial charge in [-0.2, -0.15) is 0 Å². The van der Waals surface area contributed by atoms with E-state index in [2.05, 4.69) is 26.8 Å². The molecule has 1 aliphatic heterocycles. The van der Waals surface area contributed by atoms with Crippen molar-refractivity contribution in [2.75, 3.05) is 50.1 Å². The average Bonchev–Trinajstić information content (AvgIpc) is 2.67. The fraction of sp³-hybridized carbons (Fsp3) is 0.316. The van der Waals surface area contributed by atoms with Gasteiger partial charge in [0.15, 0.2) is 0 Å². The summed E-state index contributed by atoms with van der Waals surface area (Å²) >= 11 is 5.66. The van der Waals surface area contributed by atoms with E-state index in [1.165, 1.54) is 0 Å². The molecule has 1 aliphatic rings. The Morgan fingerprint density at radius 1 is 1.04 bits per heavy atom. The lowest BCUT2D eigenvalue weighted by Gasteiger charge is -2.37. The Bertz CT molecular complexity index is 799. The lowest BCUT2D eigenvalue weighted by atomic mass is 10.1. The number of piperazine rings is 1. The van der Waals surface area contributed by atoms with Crippen LogP contribution in [-0.4, -0.2) is 55.1 Å². The third-order valence-electron chi connectivity index (χ3n) is 4.62. The summed E-state index contributed by atoms with van der Waals surface area (Å²) in [6.45, 7) is 2.92. The number of nitro groups is 1. The molecule has 26 heavy (non-hydrogen) atoms. The lowest BCUT2D eigenvalue weighted by Crippen LogP contribution is -2.48. The van der Waals surface area contributed by atoms with Crippen LogP contribution in [0.3, 0.4) is 0 Å². The van der Waals surface area contributed by atoms with Crippen molar-refractivity contribution < 1.29 is 4.92 Å². The smallest absolute Gasteiger partial charge is 0.292 e. The van der Waals surface area contributed by atoms with Crippen molar-refractivity contribution in [1.82, 2.24) is 4.90 Å². The van der Waals surface area contributed by atoms with Crippen LogP contribution in [-0.2, 0) is 0 Å². The molecule has 0 bridgehead atoms. The Labute approximate surface area is 158 Å². The molecule has 1 fully saturated rings. The van der Waals surface area contributed by atoms with Gasteiger partial charge >= 0.3 is 0 Å². The highest BCUT2D eigenvalue weighted by Gasteiger charge is 2.24. The highest BCUT2D eigenvalue weighted by molar-refractivity contribution is 7.80. The molecule has 0 aromatic heterocycles. The second kappa shape index (κ2) is 7.70. The normalized spacial score (nSPS) is 14.2. The van der Waals surface area contributed by atoms with Crippen LogP contribution in [0.15, 0.2) is 48.5 Å². The summed E-state index contributed by atoms with van der Waals surface area (Å²) in [6, 6.07) is 15.1. The number of para-hydroxylation sites is 2. The molecule has 2 aromatic carbocycles. The van der Waals surface area contributed by atoms with Crippen LogP contribution in [0.1, 0.15) is 5.56 Å². The Balaban J connectivity index is 1.67. The molecule has 0 unspecified atom stereocenters. The van der Waals surface area contributed by atoms with Crippen LogP contribution >= 0.6 is 12.2 Å². The van der Waals surface area contributed by atoms with Crippen LogP contribution in [0.5, 0.6) is 0 Å². The molecule has 0 spiro atoms. The molecule has 1 saturated heterocycles. The summed E-state index contributed by atoms with van der Waals surface area (Å²) in [4.78, 5) is 18.0. The van der Waals surface area contributed by atoms with Crippen LogP contribution in [0.25, 0.3) is 0 Å². The molecule has 0 radical (unpaired) electrons. The van der Waals surface area contributed by atoms with E-state index in [1.54, 1.807) is 12.1 Å². The molecule has 136 valence electrons. The summed E-state index contributed by atoms with van der Waals surface area (Å²) in [5.41, 5.74) is 3.00. The van der Waals surface area contributed by atoms with Gasteiger partial charge < -0.3 is 14.7 Å². The third kappa shape index (κ3) is 3.77. The first kappa shape index (κ1) is 18.1. The van der Waals surface area contributed by atoms with Crippen LogP contribution in [0.4, 0.5) is 17.1 Å². The standard InChI is InChI=1S/C19H22N4O2S/c1-20(2)16-9-7-15(8-10-16)19(26)22-13-11-21(12-14-22)17-5-3-4-6-18(17)23(24)25/h3-10H,11-14H2,1-2H3. The first-order valence-electron chi connectivity index (χ1n) is 8.52. The number of nitrogens with zero attached hydrogens (tertiary/aromatic N) is 4. The van der Waals surface area contributed by atoms with Crippen molar-refractivity contribution in [3.8, 4) is 0 Å². The monoisotopic (exact) mass is 370 g/mol. The lowest BCUT2D eigenvalue weighted by molar-refractivity contribution is -0.384. The number of hydrogen-bond donors (Lipinski definition) is 0. The van der Waals surface area contributed by atoms with Gasteiger partial charge in [0.25, 0.3) is 5.69 Å². The highest BCUT2D eigenvalue weighted by atomic mass is 32.1. The van der Waals surface area contributed by atoms with E-state index >= 15 is 0 Å². The number of thiocarbonyl (C=S) groups is 1. The van der Waals surface area contributed by atoms with Gasteiger partial charge in [0, 0.05) is 57.6 Å². The maximum Gasteiger partial charge on any atom is 0.292 e. The van der Waals surface area contributed by atoms with Crippen molar-refractivity contribution in [2.24, 2.45) is 0 Å². The van der Waals surface area contributed by atoms with Crippen molar-refractivity contribution in [3.63, 3.8) is 0 Å². The molecule has 3 rings (SSSR count). The summed E-state index contributed by atoms with van der Waals surface area (Å²) in [7, 11) is 4.02. The van der Waals surface area contributed by atoms with Gasteiger partial charge in [0.1, 0.15) is 10.7 Å². The van der Waals surface area contributed by atoms with E-state index in [-0.39, 0.29) is 10.6 Å². The van der Waals surface area contributed by atoms with Crippen LogP contribution in [0, 0.1) is 10.1 Å². The highest BCUT2D eigenvalue weighted by Crippen LogP contribution is 2.28. The SMILES string of the molecule is CN(C)c1ccc(C(=S)N2CCN(c3ccccc3[N+](=O)[O-])CC2)cc1. The van der Waals surface area contributed by atoms with Gasteiger partial charge in [-0.1, -0.05) is 24.4 Å². The van der Waals surface area contributed by atoms with Gasteiger partial charge in [-0.15, -0.1) is 0 Å². The Hall–Kier alpha value is -2.67. The molecular formula is C19H22N4O2S. The van der Waals surface area contributed by atoms with Gasteiger partial charge in [0.05, 0.1) is 4.92 Å². The van der Waals surface area contributed by atoms with E-state index in [9.17, 15) is 10.1 Å². The van der Waals surface area contributed by atoms with Crippen molar-refractivity contribution in [1.29, 1.82) is 0 Å². The number of benzene rings is 2. The van der Waals surface area contributed by atoms with Crippen LogP contribution in [0.2, 0.25) is 0 Å². The molecule has 0 atom stereocenters. The zero-order valence-corrected chi connectivity index (χ0v) is 15.8. The van der Waals surface area contributed by atoms with E-state index in [4.69, 9.17) is 12.2 Å². The molecule has 0 amide bonds. The fourth-order valence-electron chi connectivity index (χ4n) is 3.12. The molecule has 0 saturated carbocycles. The van der Waals surface area contributed by atoms with E-state index in [0.717, 1.165) is 29.3 Å². The second-order valence-electron chi connectivity index (χ2n) is 6.47. The maximum absolute atomic E-state index is 11.2. The first-order chi connectivity index (χ1) is 12.5. The largest absolute Gasteiger partial charge is 0.378 e. The minimum absolute atomic E-state index is 0.155. The second-order valence-corrected chi connectivity index (χ2v) is 6.85. The third-order valence-corrected chi connectivity index (χ3v) is 5.11. The fourth-order valence-corrected chi connectivity index (χ4v) is 3.44. The summed E-state index contributed by atoms with van der Waals surface area (Å²) < 4.78 is 0. The summed E-state index contributed by atoms with van der Waals surface area (Å²) in [5, 5.41) is 11.2. The molecule has 0 N–H and O–H groups in total. The zero-order chi connectivity index (χ0) is 18.7. The average molecular weight is 370 g/mol. The Kier molecular flexibility index (Phi) is 5.37. The molecule has 2 aromatic rings. The maximum atomic E-state index is 11.2. The van der Waals surface area contributed by atoms with Crippen LogP contribution < -0.4 is 9.80 Å². The Morgan fingerprint density at radius 2 is 1.65 bits per heavy atom. The molecular weight excluding hydrogens is 348 g/mol. The number of anilines is 2. The van der Waals surface area contributed by atoms with Crippen molar-refractivity contribution in [3.05, 3.63) is 64.2 Å². The Morgan fingerprint density at radius 3 is 2.23 bits per heavy atom. The van der Waals surface area contributed by atoms with Crippen molar-refractivity contribution in [2.45, 2.75) is 0 Å². The number of rotatable bonds is 4. The number of hydrogen-bond acceptors (Lipinski definition) is 5. The van der Waals surface area contributed by atoms with E-state index < -0.39 is 0 Å². The van der Waals surface area contributed by atoms with Gasteiger partial charge in [-0.25, -0.2) is 0 Å². The minimum atomic E-state index is -0.321. The molecule has 0 aliphatic carbocycles. The quantitative estimate of drug-likeness (QED) is 0.468. The molecule has 6 nitrogen and oxygen atoms in total. The van der Waals surface area contributed by atoms with E-state index in [0.29, 0.717) is 18.8 Å². The topological polar surface area (TPSA) is 52.9 Å². The van der Waals surface area contributed by atoms with E-state index in [1.807, 2.05) is 38.4 Å². The summed E-state index contributed by atoms with van der Waals surface area (Å²) in [5.74, 6) is 0.